The van der Waals surface area contributed by atoms with Crippen molar-refractivity contribution in [3.63, 3.8) is 0 Å². The second kappa shape index (κ2) is 4.81. The van der Waals surface area contributed by atoms with Crippen molar-refractivity contribution in [2.24, 2.45) is 17.8 Å². The Morgan fingerprint density at radius 3 is 2.88 bits per heavy atom. The summed E-state index contributed by atoms with van der Waals surface area (Å²) in [7, 11) is 0. The predicted octanol–water partition coefficient (Wildman–Crippen LogP) is 1.46. The number of rotatable bonds is 4. The van der Waals surface area contributed by atoms with E-state index in [1.807, 2.05) is 0 Å². The van der Waals surface area contributed by atoms with Crippen LogP contribution in [-0.4, -0.2) is 25.5 Å². The van der Waals surface area contributed by atoms with Crippen molar-refractivity contribution in [1.29, 1.82) is 0 Å². The minimum Gasteiger partial charge on any atom is -0.356 e. The van der Waals surface area contributed by atoms with Gasteiger partial charge in [-0.3, -0.25) is 4.79 Å². The molecule has 2 fully saturated rings. The van der Waals surface area contributed by atoms with Gasteiger partial charge in [0.05, 0.1) is 0 Å². The molecule has 0 saturated heterocycles. The monoisotopic (exact) mass is 234 g/mol. The largest absolute Gasteiger partial charge is 0.356 e. The molecule has 0 aromatic carbocycles. The van der Waals surface area contributed by atoms with Crippen LogP contribution in [0.25, 0.3) is 0 Å². The van der Waals surface area contributed by atoms with Crippen molar-refractivity contribution in [2.75, 3.05) is 19.6 Å². The maximum Gasteiger partial charge on any atom is 0.223 e. The van der Waals surface area contributed by atoms with E-state index >= 15 is 0 Å². The summed E-state index contributed by atoms with van der Waals surface area (Å²) in [5, 5.41) is 6.42. The summed E-state index contributed by atoms with van der Waals surface area (Å²) < 4.78 is 0. The minimum atomic E-state index is 0.312. The number of fused-ring (bicyclic) bond motifs is 1. The van der Waals surface area contributed by atoms with Gasteiger partial charge in [-0.1, -0.05) is 11.6 Å². The van der Waals surface area contributed by atoms with Crippen LogP contribution in [-0.2, 0) is 4.79 Å². The van der Waals surface area contributed by atoms with Crippen molar-refractivity contribution in [1.82, 2.24) is 10.6 Å². The van der Waals surface area contributed by atoms with Crippen molar-refractivity contribution in [3.05, 3.63) is 11.6 Å². The van der Waals surface area contributed by atoms with Crippen LogP contribution < -0.4 is 10.6 Å². The lowest BCUT2D eigenvalue weighted by molar-refractivity contribution is -0.125. The third kappa shape index (κ3) is 2.71. The highest BCUT2D eigenvalue weighted by molar-refractivity contribution is 5.79. The van der Waals surface area contributed by atoms with Crippen molar-refractivity contribution in [2.45, 2.75) is 32.1 Å². The molecule has 1 heterocycles. The molecule has 17 heavy (non-hydrogen) atoms. The van der Waals surface area contributed by atoms with E-state index in [1.165, 1.54) is 12.0 Å². The first-order valence-electron chi connectivity index (χ1n) is 6.99. The van der Waals surface area contributed by atoms with E-state index in [4.69, 9.17) is 0 Å². The Morgan fingerprint density at radius 2 is 2.18 bits per heavy atom. The lowest BCUT2D eigenvalue weighted by Gasteiger charge is -2.16. The van der Waals surface area contributed by atoms with E-state index in [9.17, 15) is 4.79 Å². The molecule has 0 radical (unpaired) electrons. The molecule has 94 valence electrons. The van der Waals surface area contributed by atoms with Crippen LogP contribution in [0.2, 0.25) is 0 Å². The fraction of sp³-hybridized carbons (Fsp3) is 0.786. The molecule has 0 aromatic heterocycles. The fourth-order valence-corrected chi connectivity index (χ4v) is 3.32. The van der Waals surface area contributed by atoms with Crippen LogP contribution in [0.5, 0.6) is 0 Å². The molecule has 0 bridgehead atoms. The van der Waals surface area contributed by atoms with Crippen molar-refractivity contribution < 1.29 is 4.79 Å². The highest BCUT2D eigenvalue weighted by Crippen LogP contribution is 2.54. The number of carbonyl (C=O) groups is 1. The Morgan fingerprint density at radius 1 is 1.35 bits per heavy atom. The Labute approximate surface area is 103 Å². The summed E-state index contributed by atoms with van der Waals surface area (Å²) in [4.78, 5) is 11.9. The number of nitrogens with one attached hydrogen (secondary N) is 2. The Bertz CT molecular complexity index is 327. The molecular weight excluding hydrogens is 212 g/mol. The molecule has 2 saturated carbocycles. The molecule has 3 aliphatic rings. The molecule has 2 aliphatic carbocycles. The number of amides is 1. The Hall–Kier alpha value is -0.830. The smallest absolute Gasteiger partial charge is 0.223 e. The molecule has 3 heteroatoms. The van der Waals surface area contributed by atoms with E-state index in [2.05, 4.69) is 16.7 Å². The molecule has 2 N–H and O–H groups in total. The molecular formula is C14H22N2O. The van der Waals surface area contributed by atoms with Gasteiger partial charge in [0.25, 0.3) is 0 Å². The maximum absolute atomic E-state index is 11.9. The Kier molecular flexibility index (Phi) is 3.19. The highest BCUT2D eigenvalue weighted by atomic mass is 16.1. The molecule has 2 atom stereocenters. The molecule has 2 unspecified atom stereocenters. The van der Waals surface area contributed by atoms with Crippen LogP contribution in [0, 0.1) is 17.8 Å². The van der Waals surface area contributed by atoms with E-state index < -0.39 is 0 Å². The lowest BCUT2D eigenvalue weighted by Crippen LogP contribution is -2.31. The first kappa shape index (κ1) is 11.3. The summed E-state index contributed by atoms with van der Waals surface area (Å²) in [6.07, 6.45) is 8.15. The van der Waals surface area contributed by atoms with Crippen LogP contribution in [0.3, 0.4) is 0 Å². The summed E-state index contributed by atoms with van der Waals surface area (Å²) in [5.74, 6) is 2.45. The molecule has 3 rings (SSSR count). The molecule has 3 nitrogen and oxygen atoms in total. The van der Waals surface area contributed by atoms with Crippen LogP contribution in [0.1, 0.15) is 32.1 Å². The average Bonchev–Trinajstić information content (AvgIpc) is 2.97. The predicted molar refractivity (Wildman–Crippen MR) is 67.5 cm³/mol. The van der Waals surface area contributed by atoms with Gasteiger partial charge in [0.2, 0.25) is 5.91 Å². The van der Waals surface area contributed by atoms with Crippen LogP contribution in [0.4, 0.5) is 0 Å². The van der Waals surface area contributed by atoms with Gasteiger partial charge in [0.15, 0.2) is 0 Å². The number of hydrogen-bond donors (Lipinski definition) is 2. The fourth-order valence-electron chi connectivity index (χ4n) is 3.32. The summed E-state index contributed by atoms with van der Waals surface area (Å²) in [6.45, 7) is 2.91. The summed E-state index contributed by atoms with van der Waals surface area (Å²) >= 11 is 0. The first-order chi connectivity index (χ1) is 8.33. The highest BCUT2D eigenvalue weighted by Gasteiger charge is 2.47. The van der Waals surface area contributed by atoms with Gasteiger partial charge >= 0.3 is 0 Å². The van der Waals surface area contributed by atoms with Crippen LogP contribution in [0.15, 0.2) is 11.6 Å². The normalized spacial score (nSPS) is 35.1. The summed E-state index contributed by atoms with van der Waals surface area (Å²) in [5.41, 5.74) is 1.50. The maximum atomic E-state index is 11.9. The second-order valence-electron chi connectivity index (χ2n) is 5.78. The van der Waals surface area contributed by atoms with Gasteiger partial charge < -0.3 is 10.6 Å². The topological polar surface area (TPSA) is 41.1 Å². The molecule has 0 aromatic rings. The van der Waals surface area contributed by atoms with Gasteiger partial charge in [0, 0.05) is 19.0 Å². The van der Waals surface area contributed by atoms with E-state index in [1.54, 1.807) is 0 Å². The van der Waals surface area contributed by atoms with E-state index in [-0.39, 0.29) is 0 Å². The molecule has 1 aliphatic heterocycles. The average molecular weight is 234 g/mol. The van der Waals surface area contributed by atoms with Crippen molar-refractivity contribution >= 4 is 5.91 Å². The molecule has 1 amide bonds. The zero-order chi connectivity index (χ0) is 11.7. The molecule has 0 spiro atoms. The van der Waals surface area contributed by atoms with Gasteiger partial charge in [-0.05, 0) is 50.5 Å². The first-order valence-corrected chi connectivity index (χ1v) is 6.99. The van der Waals surface area contributed by atoms with Gasteiger partial charge in [0.1, 0.15) is 0 Å². The zero-order valence-corrected chi connectivity index (χ0v) is 10.4. The van der Waals surface area contributed by atoms with E-state index in [0.717, 1.165) is 57.2 Å². The SMILES string of the molecule is O=C(NCCC1=CCNCC1)C1CC2CC2C1. The third-order valence-electron chi connectivity index (χ3n) is 4.52. The Balaban J connectivity index is 1.36. The standard InChI is InChI=1S/C14H22N2O/c17-14(13-8-11-7-12(11)9-13)16-6-3-10-1-4-15-5-2-10/h1,11-13,15H,2-9H2,(H,16,17). The number of carbonyl (C=O) groups excluding carboxylic acids is 1. The minimum absolute atomic E-state index is 0.312. The van der Waals surface area contributed by atoms with Gasteiger partial charge in [-0.25, -0.2) is 0 Å². The zero-order valence-electron chi connectivity index (χ0n) is 10.4. The number of hydrogen-bond acceptors (Lipinski definition) is 2. The third-order valence-corrected chi connectivity index (χ3v) is 4.52. The van der Waals surface area contributed by atoms with Gasteiger partial charge in [-0.2, -0.15) is 0 Å². The van der Waals surface area contributed by atoms with Gasteiger partial charge in [-0.15, -0.1) is 0 Å². The quantitative estimate of drug-likeness (QED) is 0.723. The summed E-state index contributed by atoms with van der Waals surface area (Å²) in [6, 6.07) is 0. The van der Waals surface area contributed by atoms with E-state index in [0.29, 0.717) is 11.8 Å². The van der Waals surface area contributed by atoms with Crippen LogP contribution >= 0.6 is 0 Å². The van der Waals surface area contributed by atoms with Crippen molar-refractivity contribution in [3.8, 4) is 0 Å². The lowest BCUT2D eigenvalue weighted by atomic mass is 10.0. The second-order valence-corrected chi connectivity index (χ2v) is 5.78.